The van der Waals surface area contributed by atoms with E-state index in [-0.39, 0.29) is 30.5 Å². The van der Waals surface area contributed by atoms with Crippen LogP contribution in [-0.2, 0) is 9.53 Å². The molecule has 2 aliphatic rings. The minimum atomic E-state index is -0.288. The van der Waals surface area contributed by atoms with Gasteiger partial charge >= 0.3 is 0 Å². The van der Waals surface area contributed by atoms with Crippen LogP contribution in [0.15, 0.2) is 35.9 Å². The van der Waals surface area contributed by atoms with Crippen molar-refractivity contribution < 1.29 is 18.7 Å². The number of morpholine rings is 1. The largest absolute Gasteiger partial charge is 0.491 e. The maximum Gasteiger partial charge on any atom is 0.248 e. The van der Waals surface area contributed by atoms with E-state index >= 15 is 0 Å². The van der Waals surface area contributed by atoms with Crippen molar-refractivity contribution in [3.63, 3.8) is 0 Å². The van der Waals surface area contributed by atoms with Crippen LogP contribution in [0.1, 0.15) is 26.7 Å². The summed E-state index contributed by atoms with van der Waals surface area (Å²) in [4.78, 5) is 16.7. The van der Waals surface area contributed by atoms with Crippen LogP contribution in [0.4, 0.5) is 4.39 Å². The molecule has 0 N–H and O–H groups in total. The molecule has 0 radical (unpaired) electrons. The van der Waals surface area contributed by atoms with E-state index in [9.17, 15) is 9.18 Å². The number of amides is 1. The Balaban J connectivity index is 1.48. The molecular weight excluding hydrogens is 347 g/mol. The Morgan fingerprint density at radius 2 is 1.96 bits per heavy atom. The Kier molecular flexibility index (Phi) is 6.85. The zero-order valence-corrected chi connectivity index (χ0v) is 16.2. The van der Waals surface area contributed by atoms with Crippen LogP contribution in [0, 0.1) is 5.82 Å². The second-order valence-corrected chi connectivity index (χ2v) is 7.56. The van der Waals surface area contributed by atoms with Crippen LogP contribution in [-0.4, -0.2) is 67.2 Å². The van der Waals surface area contributed by atoms with Gasteiger partial charge in [-0.25, -0.2) is 4.39 Å². The maximum absolute atomic E-state index is 13.0. The Labute approximate surface area is 160 Å². The number of piperidine rings is 1. The molecule has 1 atom stereocenters. The molecule has 2 fully saturated rings. The second kappa shape index (κ2) is 9.33. The maximum atomic E-state index is 13.0. The topological polar surface area (TPSA) is 42.0 Å². The van der Waals surface area contributed by atoms with Crippen molar-refractivity contribution >= 4 is 5.91 Å². The highest BCUT2D eigenvalue weighted by atomic mass is 19.1. The van der Waals surface area contributed by atoms with Crippen molar-refractivity contribution in [3.8, 4) is 5.75 Å². The van der Waals surface area contributed by atoms with E-state index in [1.54, 1.807) is 12.1 Å². The number of carbonyl (C=O) groups is 1. The van der Waals surface area contributed by atoms with Gasteiger partial charge in [0.2, 0.25) is 5.91 Å². The summed E-state index contributed by atoms with van der Waals surface area (Å²) in [7, 11) is 0. The predicted molar refractivity (Wildman–Crippen MR) is 102 cm³/mol. The Morgan fingerprint density at radius 1 is 1.26 bits per heavy atom. The van der Waals surface area contributed by atoms with E-state index < -0.39 is 0 Å². The standard InChI is InChI=1S/C21H29FN2O3/c1-16(2)7-10-23-11-8-18(9-12-23)24-13-20(27-15-21(24)25)14-26-19-5-3-17(22)4-6-19/h3-7,18,20H,8-15H2,1-2H3/t20-/m0/s1. The first-order chi connectivity index (χ1) is 13.0. The third-order valence-corrected chi connectivity index (χ3v) is 5.17. The second-order valence-electron chi connectivity index (χ2n) is 7.56. The van der Waals surface area contributed by atoms with Gasteiger partial charge in [0.05, 0.1) is 6.54 Å². The summed E-state index contributed by atoms with van der Waals surface area (Å²) in [5.74, 6) is 0.385. The fourth-order valence-corrected chi connectivity index (χ4v) is 3.54. The molecule has 148 valence electrons. The SMILES string of the molecule is CC(C)=CCN1CCC(N2C[C@@H](COc3ccc(F)cc3)OCC2=O)CC1. The molecule has 6 heteroatoms. The first-order valence-electron chi connectivity index (χ1n) is 9.66. The average Bonchev–Trinajstić information content (AvgIpc) is 2.67. The van der Waals surface area contributed by atoms with Gasteiger partial charge in [0.25, 0.3) is 0 Å². The van der Waals surface area contributed by atoms with Gasteiger partial charge in [-0.1, -0.05) is 11.6 Å². The molecule has 0 aliphatic carbocycles. The fourth-order valence-electron chi connectivity index (χ4n) is 3.54. The van der Waals surface area contributed by atoms with Gasteiger partial charge in [-0.15, -0.1) is 0 Å². The molecular formula is C21H29FN2O3. The van der Waals surface area contributed by atoms with Crippen LogP contribution in [0.2, 0.25) is 0 Å². The number of rotatable bonds is 6. The molecule has 27 heavy (non-hydrogen) atoms. The number of carbonyl (C=O) groups excluding carboxylic acids is 1. The van der Waals surface area contributed by atoms with E-state index in [1.807, 2.05) is 4.90 Å². The van der Waals surface area contributed by atoms with Gasteiger partial charge in [0, 0.05) is 25.7 Å². The van der Waals surface area contributed by atoms with Crippen LogP contribution < -0.4 is 4.74 Å². The molecule has 0 aromatic heterocycles. The van der Waals surface area contributed by atoms with Crippen molar-refractivity contribution in [3.05, 3.63) is 41.7 Å². The first kappa shape index (κ1) is 19.8. The molecule has 1 aromatic rings. The Bertz CT molecular complexity index is 650. The van der Waals surface area contributed by atoms with Gasteiger partial charge in [-0.3, -0.25) is 9.69 Å². The highest BCUT2D eigenvalue weighted by molar-refractivity contribution is 5.78. The molecule has 1 aromatic carbocycles. The van der Waals surface area contributed by atoms with Crippen molar-refractivity contribution in [2.75, 3.05) is 39.4 Å². The number of halogens is 1. The minimum absolute atomic E-state index is 0.0655. The predicted octanol–water partition coefficient (Wildman–Crippen LogP) is 2.86. The van der Waals surface area contributed by atoms with Gasteiger partial charge < -0.3 is 14.4 Å². The summed E-state index contributed by atoms with van der Waals surface area (Å²) >= 11 is 0. The lowest BCUT2D eigenvalue weighted by atomic mass is 10.0. The Morgan fingerprint density at radius 3 is 2.63 bits per heavy atom. The summed E-state index contributed by atoms with van der Waals surface area (Å²) in [5.41, 5.74) is 1.34. The lowest BCUT2D eigenvalue weighted by Crippen LogP contribution is -2.55. The van der Waals surface area contributed by atoms with Crippen molar-refractivity contribution in [2.45, 2.75) is 38.8 Å². The van der Waals surface area contributed by atoms with Crippen molar-refractivity contribution in [1.29, 1.82) is 0 Å². The number of benzene rings is 1. The monoisotopic (exact) mass is 376 g/mol. The lowest BCUT2D eigenvalue weighted by molar-refractivity contribution is -0.155. The quantitative estimate of drug-likeness (QED) is 0.716. The van der Waals surface area contributed by atoms with E-state index in [1.165, 1.54) is 17.7 Å². The lowest BCUT2D eigenvalue weighted by Gasteiger charge is -2.42. The molecule has 1 amide bonds. The van der Waals surface area contributed by atoms with Gasteiger partial charge in [-0.2, -0.15) is 0 Å². The average molecular weight is 376 g/mol. The molecule has 0 spiro atoms. The van der Waals surface area contributed by atoms with E-state index in [4.69, 9.17) is 9.47 Å². The summed E-state index contributed by atoms with van der Waals surface area (Å²) in [6.45, 7) is 8.26. The molecule has 2 aliphatic heterocycles. The third-order valence-electron chi connectivity index (χ3n) is 5.17. The van der Waals surface area contributed by atoms with E-state index in [0.717, 1.165) is 32.5 Å². The van der Waals surface area contributed by atoms with Gasteiger partial charge in [0.1, 0.15) is 30.9 Å². The number of hydrogen-bond donors (Lipinski definition) is 0. The number of ether oxygens (including phenoxy) is 2. The van der Waals surface area contributed by atoms with Crippen LogP contribution >= 0.6 is 0 Å². The molecule has 2 saturated heterocycles. The summed E-state index contributed by atoms with van der Waals surface area (Å²) < 4.78 is 24.3. The summed E-state index contributed by atoms with van der Waals surface area (Å²) in [6, 6.07) is 6.22. The highest BCUT2D eigenvalue weighted by Crippen LogP contribution is 2.21. The molecule has 0 saturated carbocycles. The summed E-state index contributed by atoms with van der Waals surface area (Å²) in [6.07, 6.45) is 4.08. The van der Waals surface area contributed by atoms with Crippen LogP contribution in [0.5, 0.6) is 5.75 Å². The molecule has 0 bridgehead atoms. The summed E-state index contributed by atoms with van der Waals surface area (Å²) in [5, 5.41) is 0. The van der Waals surface area contributed by atoms with Gasteiger partial charge in [0.15, 0.2) is 0 Å². The number of allylic oxidation sites excluding steroid dienone is 1. The molecule has 5 nitrogen and oxygen atoms in total. The number of hydrogen-bond acceptors (Lipinski definition) is 4. The van der Waals surface area contributed by atoms with Crippen molar-refractivity contribution in [1.82, 2.24) is 9.80 Å². The van der Waals surface area contributed by atoms with Crippen LogP contribution in [0.25, 0.3) is 0 Å². The smallest absolute Gasteiger partial charge is 0.248 e. The molecule has 0 unspecified atom stereocenters. The molecule has 2 heterocycles. The minimum Gasteiger partial charge on any atom is -0.491 e. The van der Waals surface area contributed by atoms with E-state index in [0.29, 0.717) is 18.9 Å². The highest BCUT2D eigenvalue weighted by Gasteiger charge is 2.33. The first-order valence-corrected chi connectivity index (χ1v) is 9.66. The third kappa shape index (κ3) is 5.78. The van der Waals surface area contributed by atoms with Crippen LogP contribution in [0.3, 0.4) is 0 Å². The number of likely N-dealkylation sites (tertiary alicyclic amines) is 1. The van der Waals surface area contributed by atoms with Gasteiger partial charge in [-0.05, 0) is 51.0 Å². The Hall–Kier alpha value is -1.92. The van der Waals surface area contributed by atoms with E-state index in [2.05, 4.69) is 24.8 Å². The zero-order valence-electron chi connectivity index (χ0n) is 16.2. The molecule has 3 rings (SSSR count). The fraction of sp³-hybridized carbons (Fsp3) is 0.571. The normalized spacial score (nSPS) is 22.0. The zero-order chi connectivity index (χ0) is 19.2. The number of nitrogens with zero attached hydrogens (tertiary/aromatic N) is 2. The van der Waals surface area contributed by atoms with Crippen molar-refractivity contribution in [2.24, 2.45) is 0 Å².